The Morgan fingerprint density at radius 1 is 1.29 bits per heavy atom. The number of aliphatic hydroxyl groups is 1. The van der Waals surface area contributed by atoms with Crippen LogP contribution in [0.4, 0.5) is 13.2 Å². The number of hydrogen-bond acceptors (Lipinski definition) is 3. The van der Waals surface area contributed by atoms with Gasteiger partial charge in [0.1, 0.15) is 11.4 Å². The Labute approximate surface area is 135 Å². The molecule has 0 saturated heterocycles. The summed E-state index contributed by atoms with van der Waals surface area (Å²) in [4.78, 5) is 12.0. The molecule has 2 aromatic rings. The Balaban J connectivity index is 1.95. The topological polar surface area (TPSA) is 63.5 Å². The van der Waals surface area contributed by atoms with Gasteiger partial charge < -0.3 is 19.7 Å². The highest BCUT2D eigenvalue weighted by Crippen LogP contribution is 2.31. The number of halogens is 3. The van der Waals surface area contributed by atoms with Gasteiger partial charge in [0.05, 0.1) is 6.04 Å². The van der Waals surface area contributed by atoms with E-state index in [1.54, 1.807) is 22.9 Å². The van der Waals surface area contributed by atoms with E-state index in [1.165, 1.54) is 18.2 Å². The minimum Gasteiger partial charge on any atom is -0.406 e. The molecule has 1 aliphatic rings. The van der Waals surface area contributed by atoms with E-state index in [0.717, 1.165) is 0 Å². The molecule has 1 aromatic heterocycles. The molecule has 1 aliphatic heterocycles. The van der Waals surface area contributed by atoms with Gasteiger partial charge in [-0.25, -0.2) is 0 Å². The third kappa shape index (κ3) is 3.38. The second kappa shape index (κ2) is 6.20. The van der Waals surface area contributed by atoms with Crippen LogP contribution in [0.3, 0.4) is 0 Å². The minimum absolute atomic E-state index is 0.0254. The number of nitrogens with one attached hydrogen (secondary N) is 1. The molecular weight excluding hydrogens is 325 g/mol. The number of carbonyl (C=O) groups is 1. The molecule has 0 aliphatic carbocycles. The molecule has 1 amide bonds. The van der Waals surface area contributed by atoms with Crippen molar-refractivity contribution in [3.05, 3.63) is 42.2 Å². The second-order valence-electron chi connectivity index (χ2n) is 5.47. The van der Waals surface area contributed by atoms with Crippen molar-refractivity contribution in [3.63, 3.8) is 0 Å². The minimum atomic E-state index is -4.76. The molecule has 3 rings (SSSR count). The number of benzene rings is 1. The molecule has 24 heavy (non-hydrogen) atoms. The largest absolute Gasteiger partial charge is 0.573 e. The van der Waals surface area contributed by atoms with E-state index in [-0.39, 0.29) is 24.3 Å². The van der Waals surface area contributed by atoms with Crippen LogP contribution in [0.5, 0.6) is 5.75 Å². The molecule has 2 heterocycles. The van der Waals surface area contributed by atoms with E-state index < -0.39 is 6.36 Å². The van der Waals surface area contributed by atoms with E-state index >= 15 is 0 Å². The maximum Gasteiger partial charge on any atom is 0.573 e. The fourth-order valence-electron chi connectivity index (χ4n) is 2.78. The fourth-order valence-corrected chi connectivity index (χ4v) is 2.78. The van der Waals surface area contributed by atoms with Crippen LogP contribution >= 0.6 is 0 Å². The van der Waals surface area contributed by atoms with Crippen molar-refractivity contribution < 1.29 is 27.8 Å². The summed E-state index contributed by atoms with van der Waals surface area (Å²) in [5.41, 5.74) is 1.53. The quantitative estimate of drug-likeness (QED) is 0.900. The van der Waals surface area contributed by atoms with Crippen LogP contribution in [0.15, 0.2) is 36.5 Å². The molecule has 5 nitrogen and oxygen atoms in total. The van der Waals surface area contributed by atoms with Gasteiger partial charge in [-0.2, -0.15) is 0 Å². The predicted octanol–water partition coefficient (Wildman–Crippen LogP) is 2.72. The molecule has 0 bridgehead atoms. The zero-order valence-corrected chi connectivity index (χ0v) is 12.5. The number of aromatic nitrogens is 1. The molecule has 1 atom stereocenters. The van der Waals surface area contributed by atoms with E-state index in [2.05, 4.69) is 10.1 Å². The summed E-state index contributed by atoms with van der Waals surface area (Å²) in [5.74, 6) is -0.571. The number of ether oxygens (including phenoxy) is 1. The van der Waals surface area contributed by atoms with Crippen LogP contribution in [0, 0.1) is 0 Å². The first-order chi connectivity index (χ1) is 11.4. The number of alkyl halides is 3. The normalized spacial score (nSPS) is 17.3. The Kier molecular flexibility index (Phi) is 4.23. The van der Waals surface area contributed by atoms with Crippen LogP contribution in [-0.4, -0.2) is 35.1 Å². The highest BCUT2D eigenvalue weighted by Gasteiger charge is 2.31. The van der Waals surface area contributed by atoms with Gasteiger partial charge in [-0.05, 0) is 30.2 Å². The Bertz CT molecular complexity index is 755. The van der Waals surface area contributed by atoms with Gasteiger partial charge in [-0.15, -0.1) is 13.2 Å². The van der Waals surface area contributed by atoms with Crippen molar-refractivity contribution >= 4 is 5.91 Å². The average Bonchev–Trinajstić information content (AvgIpc) is 2.95. The van der Waals surface area contributed by atoms with Crippen LogP contribution in [-0.2, 0) is 0 Å². The summed E-state index contributed by atoms with van der Waals surface area (Å²) in [6.45, 7) is 0.375. The van der Waals surface area contributed by atoms with E-state index in [1.807, 2.05) is 0 Å². The van der Waals surface area contributed by atoms with Crippen LogP contribution in [0.1, 0.15) is 23.0 Å². The number of amides is 1. The standard InChI is InChI=1S/C16H15F3N2O3/c17-16(18,19)24-13-3-1-2-10(6-13)11-7-14-15(23)20-8-12(4-5-22)21(14)9-11/h1-3,6-7,9,12,22H,4-5,8H2,(H,20,23). The second-order valence-corrected chi connectivity index (χ2v) is 5.47. The highest BCUT2D eigenvalue weighted by atomic mass is 19.4. The van der Waals surface area contributed by atoms with Crippen molar-refractivity contribution in [1.29, 1.82) is 0 Å². The lowest BCUT2D eigenvalue weighted by atomic mass is 10.1. The fraction of sp³-hybridized carbons (Fsp3) is 0.312. The van der Waals surface area contributed by atoms with E-state index in [0.29, 0.717) is 29.8 Å². The molecule has 1 unspecified atom stereocenters. The third-order valence-electron chi connectivity index (χ3n) is 3.84. The van der Waals surface area contributed by atoms with Gasteiger partial charge in [0, 0.05) is 24.9 Å². The maximum atomic E-state index is 12.3. The zero-order valence-electron chi connectivity index (χ0n) is 12.5. The number of carbonyl (C=O) groups excluding carboxylic acids is 1. The number of aliphatic hydroxyl groups excluding tert-OH is 1. The molecule has 8 heteroatoms. The molecule has 0 fully saturated rings. The van der Waals surface area contributed by atoms with Gasteiger partial charge in [0.25, 0.3) is 5.91 Å². The summed E-state index contributed by atoms with van der Waals surface area (Å²) in [5, 5.41) is 11.9. The smallest absolute Gasteiger partial charge is 0.406 e. The first-order valence-electron chi connectivity index (χ1n) is 7.34. The summed E-state index contributed by atoms with van der Waals surface area (Å²) >= 11 is 0. The zero-order chi connectivity index (χ0) is 17.3. The number of hydrogen-bond donors (Lipinski definition) is 2. The van der Waals surface area contributed by atoms with E-state index in [9.17, 15) is 18.0 Å². The van der Waals surface area contributed by atoms with Gasteiger partial charge in [0.2, 0.25) is 0 Å². The lowest BCUT2D eigenvalue weighted by Crippen LogP contribution is -2.38. The van der Waals surface area contributed by atoms with Crippen molar-refractivity contribution in [2.75, 3.05) is 13.2 Å². The summed E-state index contributed by atoms with van der Waals surface area (Å²) < 4.78 is 42.7. The SMILES string of the molecule is O=C1NCC(CCO)n2cc(-c3cccc(OC(F)(F)F)c3)cc21. The monoisotopic (exact) mass is 340 g/mol. The summed E-state index contributed by atoms with van der Waals surface area (Å²) in [6, 6.07) is 7.11. The lowest BCUT2D eigenvalue weighted by molar-refractivity contribution is -0.274. The van der Waals surface area contributed by atoms with Crippen molar-refractivity contribution in [2.24, 2.45) is 0 Å². The molecule has 0 spiro atoms. The highest BCUT2D eigenvalue weighted by molar-refractivity contribution is 5.95. The Morgan fingerprint density at radius 2 is 2.08 bits per heavy atom. The van der Waals surface area contributed by atoms with E-state index in [4.69, 9.17) is 5.11 Å². The molecular formula is C16H15F3N2O3. The molecule has 0 saturated carbocycles. The van der Waals surface area contributed by atoms with Gasteiger partial charge >= 0.3 is 6.36 Å². The first kappa shape index (κ1) is 16.4. The van der Waals surface area contributed by atoms with Crippen LogP contribution < -0.4 is 10.1 Å². The van der Waals surface area contributed by atoms with Crippen LogP contribution in [0.25, 0.3) is 11.1 Å². The number of rotatable bonds is 4. The maximum absolute atomic E-state index is 12.3. The van der Waals surface area contributed by atoms with Crippen molar-refractivity contribution in [3.8, 4) is 16.9 Å². The summed E-state index contributed by atoms with van der Waals surface area (Å²) in [6.07, 6.45) is -2.58. The molecule has 128 valence electrons. The predicted molar refractivity (Wildman–Crippen MR) is 79.6 cm³/mol. The third-order valence-corrected chi connectivity index (χ3v) is 3.84. The Hall–Kier alpha value is -2.48. The summed E-state index contributed by atoms with van der Waals surface area (Å²) in [7, 11) is 0. The van der Waals surface area contributed by atoms with Crippen molar-refractivity contribution in [1.82, 2.24) is 9.88 Å². The lowest BCUT2D eigenvalue weighted by Gasteiger charge is -2.25. The molecule has 2 N–H and O–H groups in total. The van der Waals surface area contributed by atoms with Gasteiger partial charge in [-0.3, -0.25) is 4.79 Å². The average molecular weight is 340 g/mol. The first-order valence-corrected chi connectivity index (χ1v) is 7.34. The Morgan fingerprint density at radius 3 is 2.79 bits per heavy atom. The molecule has 0 radical (unpaired) electrons. The van der Waals surface area contributed by atoms with Crippen LogP contribution in [0.2, 0.25) is 0 Å². The number of fused-ring (bicyclic) bond motifs is 1. The number of nitrogens with zero attached hydrogens (tertiary/aromatic N) is 1. The van der Waals surface area contributed by atoms with Gasteiger partial charge in [-0.1, -0.05) is 12.1 Å². The van der Waals surface area contributed by atoms with Crippen molar-refractivity contribution in [2.45, 2.75) is 18.8 Å². The van der Waals surface area contributed by atoms with Gasteiger partial charge in [0.15, 0.2) is 0 Å². The molecule has 1 aromatic carbocycles.